The predicted molar refractivity (Wildman–Crippen MR) is 71.1 cm³/mol. The highest BCUT2D eigenvalue weighted by Gasteiger charge is 2.24. The van der Waals surface area contributed by atoms with Crippen LogP contribution in [0.5, 0.6) is 0 Å². The van der Waals surface area contributed by atoms with E-state index in [9.17, 15) is 9.90 Å². The topological polar surface area (TPSA) is 67.2 Å². The van der Waals surface area contributed by atoms with Crippen molar-refractivity contribution in [2.45, 2.75) is 51.3 Å². The van der Waals surface area contributed by atoms with Crippen molar-refractivity contribution in [3.8, 4) is 0 Å². The van der Waals surface area contributed by atoms with Crippen LogP contribution in [0, 0.1) is 0 Å². The second kappa shape index (κ2) is 5.71. The zero-order valence-electron chi connectivity index (χ0n) is 10.4. The third kappa shape index (κ3) is 2.67. The maximum absolute atomic E-state index is 11.8. The molecule has 1 aromatic heterocycles. The van der Waals surface area contributed by atoms with E-state index in [-0.39, 0.29) is 22.7 Å². The standard InChI is InChI=1S/C12H18ClN3O2/c1-2-16-12(18)11(13)9(7-14-16)15-8-5-3-4-6-10(8)17/h7-8,10,15,17H,2-6H2,1H3. The van der Waals surface area contributed by atoms with Gasteiger partial charge in [0.2, 0.25) is 0 Å². The molecule has 18 heavy (non-hydrogen) atoms. The van der Waals surface area contributed by atoms with E-state index in [1.165, 1.54) is 4.68 Å². The number of halogens is 1. The predicted octanol–water partition coefficient (Wildman–Crippen LogP) is 1.63. The van der Waals surface area contributed by atoms with Crippen LogP contribution in [0.1, 0.15) is 32.6 Å². The van der Waals surface area contributed by atoms with Crippen molar-refractivity contribution in [3.05, 3.63) is 21.6 Å². The smallest absolute Gasteiger partial charge is 0.287 e. The molecule has 0 amide bonds. The Labute approximate surface area is 111 Å². The highest BCUT2D eigenvalue weighted by atomic mass is 35.5. The van der Waals surface area contributed by atoms with E-state index in [1.807, 2.05) is 6.92 Å². The average Bonchev–Trinajstić information content (AvgIpc) is 2.38. The van der Waals surface area contributed by atoms with Gasteiger partial charge in [-0.25, -0.2) is 4.68 Å². The number of nitrogens with zero attached hydrogens (tertiary/aromatic N) is 2. The third-order valence-electron chi connectivity index (χ3n) is 3.35. The van der Waals surface area contributed by atoms with Crippen molar-refractivity contribution in [2.24, 2.45) is 0 Å². The van der Waals surface area contributed by atoms with Crippen molar-refractivity contribution in [1.29, 1.82) is 0 Å². The van der Waals surface area contributed by atoms with Crippen LogP contribution in [0.3, 0.4) is 0 Å². The van der Waals surface area contributed by atoms with Crippen molar-refractivity contribution in [1.82, 2.24) is 9.78 Å². The van der Waals surface area contributed by atoms with Crippen molar-refractivity contribution >= 4 is 17.3 Å². The Morgan fingerprint density at radius 2 is 2.28 bits per heavy atom. The van der Waals surface area contributed by atoms with Gasteiger partial charge < -0.3 is 10.4 Å². The second-order valence-corrected chi connectivity index (χ2v) is 4.97. The minimum Gasteiger partial charge on any atom is -0.391 e. The van der Waals surface area contributed by atoms with Crippen molar-refractivity contribution < 1.29 is 5.11 Å². The van der Waals surface area contributed by atoms with Gasteiger partial charge in [0.15, 0.2) is 0 Å². The molecule has 0 spiro atoms. The van der Waals surface area contributed by atoms with Gasteiger partial charge in [-0.1, -0.05) is 24.4 Å². The van der Waals surface area contributed by atoms with Crippen molar-refractivity contribution in [2.75, 3.05) is 5.32 Å². The van der Waals surface area contributed by atoms with Gasteiger partial charge in [0.25, 0.3) is 5.56 Å². The van der Waals surface area contributed by atoms with Crippen LogP contribution in [0.2, 0.25) is 5.02 Å². The lowest BCUT2D eigenvalue weighted by Crippen LogP contribution is -2.37. The van der Waals surface area contributed by atoms with E-state index < -0.39 is 0 Å². The molecule has 0 radical (unpaired) electrons. The van der Waals surface area contributed by atoms with Gasteiger partial charge in [0.1, 0.15) is 5.02 Å². The summed E-state index contributed by atoms with van der Waals surface area (Å²) in [6.07, 6.45) is 4.95. The molecular formula is C12H18ClN3O2. The fraction of sp³-hybridized carbons (Fsp3) is 0.667. The molecule has 2 unspecified atom stereocenters. The van der Waals surface area contributed by atoms with Crippen LogP contribution in [0.15, 0.2) is 11.0 Å². The number of aryl methyl sites for hydroxylation is 1. The highest BCUT2D eigenvalue weighted by Crippen LogP contribution is 2.24. The first-order valence-electron chi connectivity index (χ1n) is 6.33. The quantitative estimate of drug-likeness (QED) is 0.877. The second-order valence-electron chi connectivity index (χ2n) is 4.60. The summed E-state index contributed by atoms with van der Waals surface area (Å²) in [5.41, 5.74) is 0.215. The molecule has 100 valence electrons. The van der Waals surface area contributed by atoms with Gasteiger partial charge in [-0.2, -0.15) is 5.10 Å². The minimum atomic E-state index is -0.386. The number of aliphatic hydroxyl groups is 1. The summed E-state index contributed by atoms with van der Waals surface area (Å²) in [7, 11) is 0. The van der Waals surface area contributed by atoms with Crippen LogP contribution in [-0.4, -0.2) is 27.0 Å². The first-order valence-corrected chi connectivity index (χ1v) is 6.71. The lowest BCUT2D eigenvalue weighted by molar-refractivity contribution is 0.116. The van der Waals surface area contributed by atoms with Crippen LogP contribution in [0.4, 0.5) is 5.69 Å². The molecule has 0 saturated heterocycles. The van der Waals surface area contributed by atoms with Crippen LogP contribution in [-0.2, 0) is 6.54 Å². The highest BCUT2D eigenvalue weighted by molar-refractivity contribution is 6.32. The molecule has 0 aliphatic heterocycles. The molecule has 1 aromatic rings. The van der Waals surface area contributed by atoms with Gasteiger partial charge in [-0.15, -0.1) is 0 Å². The summed E-state index contributed by atoms with van der Waals surface area (Å²) >= 11 is 6.03. The molecule has 1 aliphatic carbocycles. The lowest BCUT2D eigenvalue weighted by atomic mass is 9.92. The first kappa shape index (κ1) is 13.4. The Balaban J connectivity index is 2.19. The van der Waals surface area contributed by atoms with Crippen LogP contribution < -0.4 is 10.9 Å². The van der Waals surface area contributed by atoms with E-state index in [0.29, 0.717) is 12.2 Å². The van der Waals surface area contributed by atoms with E-state index in [2.05, 4.69) is 10.4 Å². The van der Waals surface area contributed by atoms with Crippen LogP contribution in [0.25, 0.3) is 0 Å². The fourth-order valence-corrected chi connectivity index (χ4v) is 2.47. The molecule has 2 N–H and O–H groups in total. The molecule has 1 heterocycles. The number of rotatable bonds is 3. The molecule has 5 nitrogen and oxygen atoms in total. The molecule has 2 atom stereocenters. The van der Waals surface area contributed by atoms with Gasteiger partial charge >= 0.3 is 0 Å². The number of nitrogens with one attached hydrogen (secondary N) is 1. The van der Waals surface area contributed by atoms with Crippen molar-refractivity contribution in [3.63, 3.8) is 0 Å². The Hall–Kier alpha value is -1.07. The third-order valence-corrected chi connectivity index (χ3v) is 3.72. The summed E-state index contributed by atoms with van der Waals surface area (Å²) in [4.78, 5) is 11.8. The number of aliphatic hydroxyl groups excluding tert-OH is 1. The molecular weight excluding hydrogens is 254 g/mol. The first-order chi connectivity index (χ1) is 8.63. The molecule has 1 fully saturated rings. The number of hydrogen-bond donors (Lipinski definition) is 2. The van der Waals surface area contributed by atoms with Gasteiger partial charge in [0, 0.05) is 6.54 Å². The summed E-state index contributed by atoms with van der Waals surface area (Å²) in [6, 6.07) is -0.0464. The van der Waals surface area contributed by atoms with E-state index in [1.54, 1.807) is 6.20 Å². The fourth-order valence-electron chi connectivity index (χ4n) is 2.27. The molecule has 0 aromatic carbocycles. The maximum atomic E-state index is 11.8. The summed E-state index contributed by atoms with van der Waals surface area (Å²) < 4.78 is 1.31. The zero-order valence-corrected chi connectivity index (χ0v) is 11.2. The Morgan fingerprint density at radius 1 is 1.56 bits per heavy atom. The zero-order chi connectivity index (χ0) is 13.1. The molecule has 1 aliphatic rings. The summed E-state index contributed by atoms with van der Waals surface area (Å²) in [6.45, 7) is 2.33. The molecule has 0 bridgehead atoms. The van der Waals surface area contributed by atoms with E-state index in [4.69, 9.17) is 11.6 Å². The van der Waals surface area contributed by atoms with Gasteiger partial charge in [-0.05, 0) is 19.8 Å². The van der Waals surface area contributed by atoms with Gasteiger partial charge in [-0.3, -0.25) is 4.79 Å². The van der Waals surface area contributed by atoms with Gasteiger partial charge in [0.05, 0.1) is 24.0 Å². The SMILES string of the molecule is CCn1ncc(NC2CCCCC2O)c(Cl)c1=O. The summed E-state index contributed by atoms with van der Waals surface area (Å²) in [5.74, 6) is 0. The Morgan fingerprint density at radius 3 is 2.94 bits per heavy atom. The number of hydrogen-bond acceptors (Lipinski definition) is 4. The minimum absolute atomic E-state index is 0.0464. The maximum Gasteiger partial charge on any atom is 0.287 e. The monoisotopic (exact) mass is 271 g/mol. The van der Waals surface area contributed by atoms with Crippen LogP contribution >= 0.6 is 11.6 Å². The normalized spacial score (nSPS) is 23.9. The Bertz CT molecular complexity index is 475. The summed E-state index contributed by atoms with van der Waals surface area (Å²) in [5, 5.41) is 17.2. The Kier molecular flexibility index (Phi) is 4.24. The number of aromatic nitrogens is 2. The lowest BCUT2D eigenvalue weighted by Gasteiger charge is -2.29. The van der Waals surface area contributed by atoms with E-state index in [0.717, 1.165) is 25.7 Å². The molecule has 1 saturated carbocycles. The largest absolute Gasteiger partial charge is 0.391 e. The average molecular weight is 272 g/mol. The molecule has 6 heteroatoms. The van der Waals surface area contributed by atoms with E-state index >= 15 is 0 Å². The molecule has 2 rings (SSSR count). The number of anilines is 1.